The molecule has 2 aromatic carbocycles. The number of aromatic nitrogens is 3. The van der Waals surface area contributed by atoms with Gasteiger partial charge in [-0.25, -0.2) is 4.39 Å². The molecule has 1 aliphatic rings. The van der Waals surface area contributed by atoms with Crippen molar-refractivity contribution in [3.05, 3.63) is 71.7 Å². The molecule has 0 aliphatic heterocycles. The number of hydrogen-bond acceptors (Lipinski definition) is 1. The van der Waals surface area contributed by atoms with Crippen molar-refractivity contribution < 1.29 is 4.39 Å². The molecule has 22 heavy (non-hydrogen) atoms. The molecule has 2 heterocycles. The Morgan fingerprint density at radius 2 is 2.00 bits per heavy atom. The Bertz CT molecular complexity index is 1030. The highest BCUT2D eigenvalue weighted by Crippen LogP contribution is 2.38. The van der Waals surface area contributed by atoms with E-state index in [9.17, 15) is 4.39 Å². The lowest BCUT2D eigenvalue weighted by Gasteiger charge is -2.03. The molecule has 0 bridgehead atoms. The zero-order valence-electron chi connectivity index (χ0n) is 11.7. The zero-order chi connectivity index (χ0) is 14.7. The first-order valence-electron chi connectivity index (χ1n) is 7.24. The Morgan fingerprint density at radius 3 is 2.95 bits per heavy atom. The van der Waals surface area contributed by atoms with Crippen molar-refractivity contribution in [2.45, 2.75) is 6.42 Å². The minimum atomic E-state index is -0.190. The molecule has 0 radical (unpaired) electrons. The van der Waals surface area contributed by atoms with Crippen LogP contribution in [0, 0.1) is 5.82 Å². The second-order valence-corrected chi connectivity index (χ2v) is 5.62. The van der Waals surface area contributed by atoms with Crippen LogP contribution in [0.3, 0.4) is 0 Å². The van der Waals surface area contributed by atoms with Crippen molar-refractivity contribution >= 4 is 10.9 Å². The summed E-state index contributed by atoms with van der Waals surface area (Å²) in [6, 6.07) is 15.2. The molecule has 0 spiro atoms. The number of aromatic amines is 1. The first-order chi connectivity index (χ1) is 10.8. The van der Waals surface area contributed by atoms with Crippen LogP contribution in [0.25, 0.3) is 28.0 Å². The van der Waals surface area contributed by atoms with E-state index in [2.05, 4.69) is 33.0 Å². The number of nitrogens with zero attached hydrogens (tertiary/aromatic N) is 2. The van der Waals surface area contributed by atoms with E-state index in [1.165, 1.54) is 11.5 Å². The number of rotatable bonds is 1. The van der Waals surface area contributed by atoms with Crippen molar-refractivity contribution in [1.29, 1.82) is 0 Å². The molecule has 3 nitrogen and oxygen atoms in total. The van der Waals surface area contributed by atoms with Crippen LogP contribution in [0.5, 0.6) is 0 Å². The molecule has 0 saturated carbocycles. The highest BCUT2D eigenvalue weighted by molar-refractivity contribution is 5.83. The summed E-state index contributed by atoms with van der Waals surface area (Å²) >= 11 is 0. The molecular weight excluding hydrogens is 277 g/mol. The van der Waals surface area contributed by atoms with E-state index in [-0.39, 0.29) is 5.82 Å². The number of H-pyrrole nitrogens is 1. The predicted molar refractivity (Wildman–Crippen MR) is 83.6 cm³/mol. The van der Waals surface area contributed by atoms with Gasteiger partial charge in [0.25, 0.3) is 0 Å². The second kappa shape index (κ2) is 4.07. The lowest BCUT2D eigenvalue weighted by molar-refractivity contribution is 0.626. The third-order valence-electron chi connectivity index (χ3n) is 4.38. The summed E-state index contributed by atoms with van der Waals surface area (Å²) in [6.07, 6.45) is 2.74. The van der Waals surface area contributed by atoms with Gasteiger partial charge in [0.05, 0.1) is 11.2 Å². The second-order valence-electron chi connectivity index (χ2n) is 5.62. The average Bonchev–Trinajstić information content (AvgIpc) is 3.19. The smallest absolute Gasteiger partial charge is 0.163 e. The maximum atomic E-state index is 13.4. The molecule has 4 aromatic rings. The molecule has 0 saturated heterocycles. The molecule has 0 unspecified atom stereocenters. The lowest BCUT2D eigenvalue weighted by Crippen LogP contribution is -1.97. The lowest BCUT2D eigenvalue weighted by atomic mass is 10.1. The Balaban J connectivity index is 1.73. The first kappa shape index (κ1) is 11.7. The monoisotopic (exact) mass is 289 g/mol. The van der Waals surface area contributed by atoms with E-state index in [0.29, 0.717) is 6.42 Å². The van der Waals surface area contributed by atoms with Gasteiger partial charge >= 0.3 is 0 Å². The fraction of sp³-hybridized carbons (Fsp3) is 0.0556. The quantitative estimate of drug-likeness (QED) is 0.496. The Hall–Kier alpha value is -2.88. The summed E-state index contributed by atoms with van der Waals surface area (Å²) in [5, 5.41) is 8.80. The van der Waals surface area contributed by atoms with Crippen molar-refractivity contribution in [2.24, 2.45) is 0 Å². The van der Waals surface area contributed by atoms with Crippen molar-refractivity contribution in [1.82, 2.24) is 14.8 Å². The summed E-state index contributed by atoms with van der Waals surface area (Å²) in [5.41, 5.74) is 5.32. The van der Waals surface area contributed by atoms with Crippen LogP contribution in [0.4, 0.5) is 4.39 Å². The molecule has 0 amide bonds. The summed E-state index contributed by atoms with van der Waals surface area (Å²) in [5.74, 6) is 0.706. The van der Waals surface area contributed by atoms with E-state index in [1.807, 2.05) is 24.4 Å². The van der Waals surface area contributed by atoms with Crippen molar-refractivity contribution in [2.75, 3.05) is 0 Å². The van der Waals surface area contributed by atoms with Crippen LogP contribution in [0.15, 0.2) is 54.7 Å². The van der Waals surface area contributed by atoms with Gasteiger partial charge in [-0.15, -0.1) is 0 Å². The van der Waals surface area contributed by atoms with E-state index < -0.39 is 0 Å². The predicted octanol–water partition coefficient (Wildman–Crippen LogP) is 4.06. The van der Waals surface area contributed by atoms with Gasteiger partial charge in [0.15, 0.2) is 5.82 Å². The summed E-state index contributed by atoms with van der Waals surface area (Å²) in [4.78, 5) is 0. The van der Waals surface area contributed by atoms with Gasteiger partial charge in [0, 0.05) is 23.7 Å². The van der Waals surface area contributed by atoms with Gasteiger partial charge in [0.1, 0.15) is 5.82 Å². The maximum Gasteiger partial charge on any atom is 0.163 e. The Kier molecular flexibility index (Phi) is 2.17. The van der Waals surface area contributed by atoms with E-state index in [0.717, 1.165) is 33.7 Å². The molecule has 0 fully saturated rings. The summed E-state index contributed by atoms with van der Waals surface area (Å²) < 4.78 is 15.5. The largest absolute Gasteiger partial charge is 0.300 e. The fourth-order valence-corrected chi connectivity index (χ4v) is 3.36. The SMILES string of the molecule is Fc1ccc2c(c1)Cc1c(-n3ccc4ccccc43)n[nH]c1-2. The fourth-order valence-electron chi connectivity index (χ4n) is 3.36. The molecule has 4 heteroatoms. The van der Waals surface area contributed by atoms with E-state index >= 15 is 0 Å². The van der Waals surface area contributed by atoms with Gasteiger partial charge in [-0.2, -0.15) is 5.10 Å². The van der Waals surface area contributed by atoms with Gasteiger partial charge < -0.3 is 0 Å². The number of benzene rings is 2. The molecule has 2 aromatic heterocycles. The van der Waals surface area contributed by atoms with Crippen LogP contribution < -0.4 is 0 Å². The minimum absolute atomic E-state index is 0.190. The van der Waals surface area contributed by atoms with Crippen molar-refractivity contribution in [3.8, 4) is 17.1 Å². The van der Waals surface area contributed by atoms with E-state index in [4.69, 9.17) is 0 Å². The van der Waals surface area contributed by atoms with E-state index in [1.54, 1.807) is 6.07 Å². The number of halogens is 1. The third-order valence-corrected chi connectivity index (χ3v) is 4.38. The minimum Gasteiger partial charge on any atom is -0.300 e. The van der Waals surface area contributed by atoms with Gasteiger partial charge in [0.2, 0.25) is 0 Å². The highest BCUT2D eigenvalue weighted by Gasteiger charge is 2.25. The number of fused-ring (bicyclic) bond motifs is 4. The summed E-state index contributed by atoms with van der Waals surface area (Å²) in [6.45, 7) is 0. The molecule has 0 atom stereocenters. The Morgan fingerprint density at radius 1 is 1.09 bits per heavy atom. The van der Waals surface area contributed by atoms with Crippen LogP contribution in [0.2, 0.25) is 0 Å². The highest BCUT2D eigenvalue weighted by atomic mass is 19.1. The number of nitrogens with one attached hydrogen (secondary N) is 1. The topological polar surface area (TPSA) is 33.6 Å². The van der Waals surface area contributed by atoms with Gasteiger partial charge in [-0.1, -0.05) is 18.2 Å². The van der Waals surface area contributed by atoms with Gasteiger partial charge in [-0.3, -0.25) is 9.67 Å². The van der Waals surface area contributed by atoms with Crippen molar-refractivity contribution in [3.63, 3.8) is 0 Å². The van der Waals surface area contributed by atoms with Gasteiger partial charge in [-0.05, 0) is 41.3 Å². The van der Waals surface area contributed by atoms with Crippen LogP contribution in [-0.2, 0) is 6.42 Å². The zero-order valence-corrected chi connectivity index (χ0v) is 11.7. The number of para-hydroxylation sites is 1. The molecule has 106 valence electrons. The number of hydrogen-bond donors (Lipinski definition) is 1. The van der Waals surface area contributed by atoms with Crippen LogP contribution >= 0.6 is 0 Å². The molecule has 1 aliphatic carbocycles. The van der Waals surface area contributed by atoms with Crippen LogP contribution in [0.1, 0.15) is 11.1 Å². The summed E-state index contributed by atoms with van der Waals surface area (Å²) in [7, 11) is 0. The normalized spacial score (nSPS) is 12.6. The molecule has 5 rings (SSSR count). The standard InChI is InChI=1S/C18H12FN3/c19-13-5-6-14-12(9-13)10-15-17(14)20-21-18(15)22-8-7-11-3-1-2-4-16(11)22/h1-9H,10H2,(H,20,21). The van der Waals surface area contributed by atoms with Crippen LogP contribution in [-0.4, -0.2) is 14.8 Å². The molecular formula is C18H12FN3. The third kappa shape index (κ3) is 1.46. The maximum absolute atomic E-state index is 13.4. The average molecular weight is 289 g/mol. The Labute approximate surface area is 126 Å². The first-order valence-corrected chi connectivity index (χ1v) is 7.24. The molecule has 1 N–H and O–H groups in total.